The van der Waals surface area contributed by atoms with Crippen molar-refractivity contribution >= 4 is 5.97 Å². The molecule has 2 heterocycles. The number of carboxylic acid groups (broad SMARTS) is 1. The lowest BCUT2D eigenvalue weighted by molar-refractivity contribution is 0.0697. The molecule has 1 N–H and O–H groups in total. The fourth-order valence-corrected chi connectivity index (χ4v) is 2.29. The van der Waals surface area contributed by atoms with Crippen molar-refractivity contribution in [1.29, 1.82) is 0 Å². The summed E-state index contributed by atoms with van der Waals surface area (Å²) in [5.41, 5.74) is 3.49. The van der Waals surface area contributed by atoms with Gasteiger partial charge in [-0.1, -0.05) is 12.1 Å². The fourth-order valence-electron chi connectivity index (χ4n) is 2.29. The number of hydrogen-bond acceptors (Lipinski definition) is 3. The van der Waals surface area contributed by atoms with Gasteiger partial charge < -0.3 is 9.52 Å². The van der Waals surface area contributed by atoms with Crippen molar-refractivity contribution in [3.63, 3.8) is 0 Å². The number of furan rings is 1. The Morgan fingerprint density at radius 2 is 2.10 bits per heavy atom. The highest BCUT2D eigenvalue weighted by atomic mass is 16.4. The summed E-state index contributed by atoms with van der Waals surface area (Å²) in [7, 11) is 0. The van der Waals surface area contributed by atoms with E-state index in [0.29, 0.717) is 11.5 Å². The second kappa shape index (κ2) is 4.94. The Morgan fingerprint density at radius 3 is 2.76 bits per heavy atom. The summed E-state index contributed by atoms with van der Waals surface area (Å²) >= 11 is 0. The maximum atomic E-state index is 11.4. The number of aromatic carboxylic acids is 1. The zero-order chi connectivity index (χ0) is 15.0. The van der Waals surface area contributed by atoms with Crippen LogP contribution in [0.2, 0.25) is 0 Å². The van der Waals surface area contributed by atoms with Gasteiger partial charge in [0, 0.05) is 0 Å². The molecule has 0 radical (unpaired) electrons. The summed E-state index contributed by atoms with van der Waals surface area (Å²) in [4.78, 5) is 11.4. The van der Waals surface area contributed by atoms with Crippen LogP contribution in [0.15, 0.2) is 47.2 Å². The van der Waals surface area contributed by atoms with Crippen LogP contribution in [0.3, 0.4) is 0 Å². The lowest BCUT2D eigenvalue weighted by Gasteiger charge is -2.10. The SMILES string of the molecule is Cc1ccc(C)c(-n2ncc(C(=O)O)c2-c2ccco2)c1. The lowest BCUT2D eigenvalue weighted by atomic mass is 10.1. The van der Waals surface area contributed by atoms with Gasteiger partial charge in [0.15, 0.2) is 5.76 Å². The van der Waals surface area contributed by atoms with E-state index in [9.17, 15) is 9.90 Å². The van der Waals surface area contributed by atoms with E-state index in [0.717, 1.165) is 16.8 Å². The maximum Gasteiger partial charge on any atom is 0.339 e. The first-order chi connectivity index (χ1) is 10.1. The topological polar surface area (TPSA) is 68.3 Å². The standard InChI is InChI=1S/C16H14N2O3/c1-10-5-6-11(2)13(8-10)18-15(14-4-3-7-21-14)12(9-17-18)16(19)20/h3-9H,1-2H3,(H,19,20). The monoisotopic (exact) mass is 282 g/mol. The molecule has 0 aliphatic heterocycles. The predicted molar refractivity (Wildman–Crippen MR) is 77.7 cm³/mol. The molecule has 0 spiro atoms. The molecule has 0 saturated carbocycles. The highest BCUT2D eigenvalue weighted by Crippen LogP contribution is 2.28. The molecule has 0 fully saturated rings. The zero-order valence-corrected chi connectivity index (χ0v) is 11.7. The first-order valence-corrected chi connectivity index (χ1v) is 6.51. The van der Waals surface area contributed by atoms with Crippen LogP contribution in [0.25, 0.3) is 17.1 Å². The molecule has 5 heteroatoms. The highest BCUT2D eigenvalue weighted by molar-refractivity contribution is 5.94. The molecule has 0 aliphatic rings. The average molecular weight is 282 g/mol. The van der Waals surface area contributed by atoms with E-state index in [2.05, 4.69) is 5.10 Å². The molecular formula is C16H14N2O3. The molecule has 0 aliphatic carbocycles. The lowest BCUT2D eigenvalue weighted by Crippen LogP contribution is -2.04. The first-order valence-electron chi connectivity index (χ1n) is 6.51. The minimum absolute atomic E-state index is 0.117. The van der Waals surface area contributed by atoms with Crippen LogP contribution < -0.4 is 0 Å². The van der Waals surface area contributed by atoms with Gasteiger partial charge in [-0.25, -0.2) is 9.48 Å². The van der Waals surface area contributed by atoms with Crippen LogP contribution in [0.1, 0.15) is 21.5 Å². The molecule has 106 valence electrons. The molecule has 21 heavy (non-hydrogen) atoms. The summed E-state index contributed by atoms with van der Waals surface area (Å²) in [5, 5.41) is 13.6. The summed E-state index contributed by atoms with van der Waals surface area (Å²) in [5.74, 6) is -0.552. The normalized spacial score (nSPS) is 10.8. The van der Waals surface area contributed by atoms with Crippen molar-refractivity contribution < 1.29 is 14.3 Å². The van der Waals surface area contributed by atoms with Crippen molar-refractivity contribution in [2.45, 2.75) is 13.8 Å². The van der Waals surface area contributed by atoms with Gasteiger partial charge in [0.25, 0.3) is 0 Å². The van der Waals surface area contributed by atoms with Gasteiger partial charge >= 0.3 is 5.97 Å². The molecular weight excluding hydrogens is 268 g/mol. The van der Waals surface area contributed by atoms with Gasteiger partial charge in [-0.15, -0.1) is 0 Å². The smallest absolute Gasteiger partial charge is 0.339 e. The van der Waals surface area contributed by atoms with Crippen molar-refractivity contribution in [1.82, 2.24) is 9.78 Å². The number of nitrogens with zero attached hydrogens (tertiary/aromatic N) is 2. The number of carboxylic acids is 1. The van der Waals surface area contributed by atoms with E-state index >= 15 is 0 Å². The Balaban J connectivity index is 2.29. The van der Waals surface area contributed by atoms with Crippen molar-refractivity contribution in [2.75, 3.05) is 0 Å². The third-order valence-corrected chi connectivity index (χ3v) is 3.35. The van der Waals surface area contributed by atoms with Crippen molar-refractivity contribution in [2.24, 2.45) is 0 Å². The van der Waals surface area contributed by atoms with Gasteiger partial charge in [0.1, 0.15) is 11.3 Å². The molecule has 2 aromatic heterocycles. The van der Waals surface area contributed by atoms with Crippen molar-refractivity contribution in [3.8, 4) is 17.1 Å². The first kappa shape index (κ1) is 13.2. The fraction of sp³-hybridized carbons (Fsp3) is 0.125. The minimum Gasteiger partial charge on any atom is -0.478 e. The maximum absolute atomic E-state index is 11.4. The minimum atomic E-state index is -1.03. The van der Waals surface area contributed by atoms with E-state index in [1.807, 2.05) is 32.0 Å². The number of hydrogen-bond donors (Lipinski definition) is 1. The number of carbonyl (C=O) groups is 1. The molecule has 5 nitrogen and oxygen atoms in total. The highest BCUT2D eigenvalue weighted by Gasteiger charge is 2.22. The van der Waals surface area contributed by atoms with Crippen LogP contribution in [-0.4, -0.2) is 20.9 Å². The summed E-state index contributed by atoms with van der Waals surface area (Å²) < 4.78 is 6.99. The zero-order valence-electron chi connectivity index (χ0n) is 11.7. The molecule has 3 aromatic rings. The molecule has 0 bridgehead atoms. The molecule has 0 amide bonds. The molecule has 3 rings (SSSR count). The van der Waals surface area contributed by atoms with E-state index < -0.39 is 5.97 Å². The predicted octanol–water partition coefficient (Wildman–Crippen LogP) is 3.45. The quantitative estimate of drug-likeness (QED) is 0.799. The Bertz CT molecular complexity index is 801. The number of aromatic nitrogens is 2. The number of rotatable bonds is 3. The summed E-state index contributed by atoms with van der Waals surface area (Å²) in [6.45, 7) is 3.94. The largest absolute Gasteiger partial charge is 0.478 e. The van der Waals surface area contributed by atoms with Crippen LogP contribution >= 0.6 is 0 Å². The van der Waals surface area contributed by atoms with E-state index in [-0.39, 0.29) is 5.56 Å². The number of benzene rings is 1. The molecule has 0 saturated heterocycles. The van der Waals surface area contributed by atoms with Crippen LogP contribution in [0.5, 0.6) is 0 Å². The van der Waals surface area contributed by atoms with Gasteiger partial charge in [0.2, 0.25) is 0 Å². The van der Waals surface area contributed by atoms with Crippen LogP contribution in [0.4, 0.5) is 0 Å². The second-order valence-corrected chi connectivity index (χ2v) is 4.89. The van der Waals surface area contributed by atoms with Gasteiger partial charge in [-0.3, -0.25) is 0 Å². The second-order valence-electron chi connectivity index (χ2n) is 4.89. The molecule has 0 atom stereocenters. The Labute approximate surface area is 121 Å². The molecule has 1 aromatic carbocycles. The third kappa shape index (κ3) is 2.23. The van der Waals surface area contributed by atoms with E-state index in [4.69, 9.17) is 4.42 Å². The van der Waals surface area contributed by atoms with Crippen molar-refractivity contribution in [3.05, 3.63) is 59.5 Å². The summed E-state index contributed by atoms with van der Waals surface area (Å²) in [6.07, 6.45) is 2.86. The van der Waals surface area contributed by atoms with Gasteiger partial charge in [-0.05, 0) is 43.2 Å². The third-order valence-electron chi connectivity index (χ3n) is 3.35. The number of aryl methyl sites for hydroxylation is 2. The molecule has 0 unspecified atom stereocenters. The van der Waals surface area contributed by atoms with Gasteiger partial charge in [0.05, 0.1) is 18.1 Å². The summed E-state index contributed by atoms with van der Waals surface area (Å²) in [6, 6.07) is 9.42. The Hall–Kier alpha value is -2.82. The Morgan fingerprint density at radius 1 is 1.29 bits per heavy atom. The van der Waals surface area contributed by atoms with Crippen LogP contribution in [0, 0.1) is 13.8 Å². The van der Waals surface area contributed by atoms with E-state index in [1.165, 1.54) is 12.5 Å². The Kier molecular flexibility index (Phi) is 3.10. The van der Waals surface area contributed by atoms with E-state index in [1.54, 1.807) is 16.8 Å². The van der Waals surface area contributed by atoms with Crippen LogP contribution in [-0.2, 0) is 0 Å². The van der Waals surface area contributed by atoms with Gasteiger partial charge in [-0.2, -0.15) is 5.10 Å². The average Bonchev–Trinajstić information content (AvgIpc) is 3.08.